The van der Waals surface area contributed by atoms with Gasteiger partial charge in [-0.3, -0.25) is 0 Å². The van der Waals surface area contributed by atoms with E-state index in [4.69, 9.17) is 4.74 Å². The lowest BCUT2D eigenvalue weighted by atomic mass is 9.64. The Labute approximate surface area is 119 Å². The number of nitrogens with one attached hydrogen (secondary N) is 1. The average molecular weight is 279 g/mol. The third-order valence-corrected chi connectivity index (χ3v) is 4.17. The van der Waals surface area contributed by atoms with Crippen LogP contribution < -0.4 is 5.32 Å². The van der Waals surface area contributed by atoms with Crippen LogP contribution in [0, 0.1) is 24.6 Å². The predicted octanol–water partition coefficient (Wildman–Crippen LogP) is 3.52. The molecule has 2 rings (SSSR count). The number of aryl methyl sites for hydroxylation is 1. The summed E-state index contributed by atoms with van der Waals surface area (Å²) in [6, 6.07) is 4.73. The van der Waals surface area contributed by atoms with Gasteiger partial charge in [-0.15, -0.1) is 0 Å². The molecule has 1 aromatic rings. The van der Waals surface area contributed by atoms with Crippen molar-refractivity contribution in [3.63, 3.8) is 0 Å². The van der Waals surface area contributed by atoms with Crippen molar-refractivity contribution in [2.24, 2.45) is 11.8 Å². The van der Waals surface area contributed by atoms with E-state index in [2.05, 4.69) is 19.2 Å². The molecule has 0 bridgehead atoms. The maximum absolute atomic E-state index is 13.5. The highest BCUT2D eigenvalue weighted by Crippen LogP contribution is 2.45. The number of carbonyl (C=O) groups excluding carboxylic acids is 1. The van der Waals surface area contributed by atoms with Crippen LogP contribution in [0.15, 0.2) is 18.2 Å². The first-order valence-corrected chi connectivity index (χ1v) is 7.00. The molecule has 3 nitrogen and oxygen atoms in total. The summed E-state index contributed by atoms with van der Waals surface area (Å²) < 4.78 is 18.4. The van der Waals surface area contributed by atoms with Crippen molar-refractivity contribution in [3.05, 3.63) is 29.6 Å². The number of ether oxygens (including phenoxy) is 1. The minimum absolute atomic E-state index is 0.267. The van der Waals surface area contributed by atoms with Crippen molar-refractivity contribution >= 4 is 11.7 Å². The Bertz CT molecular complexity index is 487. The zero-order valence-corrected chi connectivity index (χ0v) is 12.5. The van der Waals surface area contributed by atoms with Crippen LogP contribution in [-0.4, -0.2) is 18.6 Å². The summed E-state index contributed by atoms with van der Waals surface area (Å²) in [6.07, 6.45) is 1.46. The van der Waals surface area contributed by atoms with E-state index in [1.807, 2.05) is 13.0 Å². The summed E-state index contributed by atoms with van der Waals surface area (Å²) in [5, 5.41) is 3.19. The standard InChI is InChI=1S/C16H22FNO2/c1-10(2)12-8-16(9-12,15(19)20-4)18-14-6-11(3)5-13(17)7-14/h5-7,10,12,18H,8-9H2,1-4H3. The Morgan fingerprint density at radius 2 is 2.05 bits per heavy atom. The number of anilines is 1. The fourth-order valence-electron chi connectivity index (χ4n) is 2.91. The van der Waals surface area contributed by atoms with Gasteiger partial charge in [-0.1, -0.05) is 13.8 Å². The highest BCUT2D eigenvalue weighted by atomic mass is 19.1. The van der Waals surface area contributed by atoms with Crippen LogP contribution in [-0.2, 0) is 9.53 Å². The molecule has 0 aliphatic heterocycles. The minimum Gasteiger partial charge on any atom is -0.467 e. The van der Waals surface area contributed by atoms with Gasteiger partial charge in [-0.2, -0.15) is 0 Å². The van der Waals surface area contributed by atoms with E-state index < -0.39 is 5.54 Å². The minimum atomic E-state index is -0.704. The van der Waals surface area contributed by atoms with E-state index in [0.29, 0.717) is 17.5 Å². The molecule has 1 aliphatic rings. The Balaban J connectivity index is 2.19. The number of halogens is 1. The van der Waals surface area contributed by atoms with Gasteiger partial charge in [-0.25, -0.2) is 9.18 Å². The normalized spacial score (nSPS) is 25.2. The lowest BCUT2D eigenvalue weighted by Crippen LogP contribution is -2.58. The maximum Gasteiger partial charge on any atom is 0.331 e. The molecule has 0 unspecified atom stereocenters. The monoisotopic (exact) mass is 279 g/mol. The molecule has 1 fully saturated rings. The van der Waals surface area contributed by atoms with Gasteiger partial charge in [0.1, 0.15) is 11.4 Å². The maximum atomic E-state index is 13.5. The van der Waals surface area contributed by atoms with Crippen molar-refractivity contribution in [2.45, 2.75) is 39.2 Å². The summed E-state index contributed by atoms with van der Waals surface area (Å²) in [6.45, 7) is 6.13. The molecular formula is C16H22FNO2. The van der Waals surface area contributed by atoms with Crippen LogP contribution in [0.1, 0.15) is 32.3 Å². The molecule has 1 aliphatic carbocycles. The molecule has 0 amide bonds. The molecule has 20 heavy (non-hydrogen) atoms. The Hall–Kier alpha value is -1.58. The molecule has 4 heteroatoms. The number of hydrogen-bond donors (Lipinski definition) is 1. The van der Waals surface area contributed by atoms with Crippen molar-refractivity contribution in [1.29, 1.82) is 0 Å². The molecule has 1 N–H and O–H groups in total. The van der Waals surface area contributed by atoms with Crippen molar-refractivity contribution in [2.75, 3.05) is 12.4 Å². The highest BCUT2D eigenvalue weighted by molar-refractivity contribution is 5.86. The fourth-order valence-corrected chi connectivity index (χ4v) is 2.91. The van der Waals surface area contributed by atoms with Gasteiger partial charge >= 0.3 is 5.97 Å². The number of rotatable bonds is 4. The van der Waals surface area contributed by atoms with Crippen LogP contribution in [0.25, 0.3) is 0 Å². The van der Waals surface area contributed by atoms with Crippen LogP contribution in [0.2, 0.25) is 0 Å². The SMILES string of the molecule is COC(=O)C1(Nc2cc(C)cc(F)c2)CC(C(C)C)C1. The molecule has 0 spiro atoms. The number of benzene rings is 1. The van der Waals surface area contributed by atoms with E-state index in [9.17, 15) is 9.18 Å². The summed E-state index contributed by atoms with van der Waals surface area (Å²) in [5.41, 5.74) is 0.756. The van der Waals surface area contributed by atoms with Gasteiger partial charge in [0, 0.05) is 5.69 Å². The first kappa shape index (κ1) is 14.8. The van der Waals surface area contributed by atoms with Gasteiger partial charge in [0.25, 0.3) is 0 Å². The van der Waals surface area contributed by atoms with E-state index in [1.54, 1.807) is 0 Å². The molecule has 0 heterocycles. The van der Waals surface area contributed by atoms with Crippen molar-refractivity contribution < 1.29 is 13.9 Å². The molecule has 110 valence electrons. The molecule has 0 aromatic heterocycles. The molecule has 1 aromatic carbocycles. The average Bonchev–Trinajstić information content (AvgIpc) is 2.30. The highest BCUT2D eigenvalue weighted by Gasteiger charge is 2.52. The van der Waals surface area contributed by atoms with Gasteiger partial charge in [0.2, 0.25) is 0 Å². The van der Waals surface area contributed by atoms with E-state index >= 15 is 0 Å². The number of hydrogen-bond acceptors (Lipinski definition) is 3. The van der Waals surface area contributed by atoms with Gasteiger partial charge in [0.05, 0.1) is 7.11 Å². The van der Waals surface area contributed by atoms with Gasteiger partial charge in [-0.05, 0) is 55.4 Å². The Morgan fingerprint density at radius 1 is 1.40 bits per heavy atom. The third-order valence-electron chi connectivity index (χ3n) is 4.17. The van der Waals surface area contributed by atoms with Crippen LogP contribution >= 0.6 is 0 Å². The predicted molar refractivity (Wildman–Crippen MR) is 77.1 cm³/mol. The second kappa shape index (κ2) is 5.43. The first-order chi connectivity index (χ1) is 9.36. The number of carbonyl (C=O) groups is 1. The van der Waals surface area contributed by atoms with E-state index in [0.717, 1.165) is 18.4 Å². The molecule has 0 radical (unpaired) electrons. The van der Waals surface area contributed by atoms with Crippen molar-refractivity contribution in [1.82, 2.24) is 0 Å². The summed E-state index contributed by atoms with van der Waals surface area (Å²) in [4.78, 5) is 12.1. The second-order valence-electron chi connectivity index (χ2n) is 6.13. The summed E-state index contributed by atoms with van der Waals surface area (Å²) >= 11 is 0. The van der Waals surface area contributed by atoms with Crippen LogP contribution in [0.5, 0.6) is 0 Å². The number of methoxy groups -OCH3 is 1. The van der Waals surface area contributed by atoms with Crippen LogP contribution in [0.4, 0.5) is 10.1 Å². The lowest BCUT2D eigenvalue weighted by Gasteiger charge is -2.48. The van der Waals surface area contributed by atoms with E-state index in [-0.39, 0.29) is 11.8 Å². The third kappa shape index (κ3) is 2.79. The zero-order valence-electron chi connectivity index (χ0n) is 12.5. The quantitative estimate of drug-likeness (QED) is 0.857. The smallest absolute Gasteiger partial charge is 0.331 e. The Kier molecular flexibility index (Phi) is 4.02. The van der Waals surface area contributed by atoms with Crippen LogP contribution in [0.3, 0.4) is 0 Å². The van der Waals surface area contributed by atoms with E-state index in [1.165, 1.54) is 19.2 Å². The molecular weight excluding hydrogens is 257 g/mol. The topological polar surface area (TPSA) is 38.3 Å². The molecule has 0 atom stereocenters. The molecule has 1 saturated carbocycles. The second-order valence-corrected chi connectivity index (χ2v) is 6.13. The zero-order chi connectivity index (χ0) is 14.9. The van der Waals surface area contributed by atoms with Gasteiger partial charge < -0.3 is 10.1 Å². The van der Waals surface area contributed by atoms with Gasteiger partial charge in [0.15, 0.2) is 0 Å². The number of esters is 1. The lowest BCUT2D eigenvalue weighted by molar-refractivity contribution is -0.151. The largest absolute Gasteiger partial charge is 0.467 e. The summed E-state index contributed by atoms with van der Waals surface area (Å²) in [5.74, 6) is 0.462. The summed E-state index contributed by atoms with van der Waals surface area (Å²) in [7, 11) is 1.39. The first-order valence-electron chi connectivity index (χ1n) is 7.00. The Morgan fingerprint density at radius 3 is 2.55 bits per heavy atom. The molecule has 0 saturated heterocycles. The fraction of sp³-hybridized carbons (Fsp3) is 0.562. The van der Waals surface area contributed by atoms with Crippen molar-refractivity contribution in [3.8, 4) is 0 Å².